The number of ether oxygens (including phenoxy) is 1. The maximum atomic E-state index is 12.9. The molecule has 150 valence electrons. The van der Waals surface area contributed by atoms with Crippen molar-refractivity contribution in [3.05, 3.63) is 52.2 Å². The summed E-state index contributed by atoms with van der Waals surface area (Å²) in [5.41, 5.74) is 1.98. The molecule has 0 radical (unpaired) electrons. The number of nitrogens with one attached hydrogen (secondary N) is 1. The quantitative estimate of drug-likeness (QED) is 0.679. The highest BCUT2D eigenvalue weighted by atomic mass is 32.1. The second-order valence-corrected chi connectivity index (χ2v) is 8.41. The molecule has 0 spiro atoms. The van der Waals surface area contributed by atoms with E-state index < -0.39 is 5.92 Å². The minimum Gasteiger partial charge on any atom is -0.379 e. The van der Waals surface area contributed by atoms with Crippen LogP contribution in [0.5, 0.6) is 0 Å². The number of amides is 2. The Hall–Kier alpha value is -2.18. The first-order chi connectivity index (χ1) is 13.5. The van der Waals surface area contributed by atoms with Crippen LogP contribution in [0.3, 0.4) is 0 Å². The minimum absolute atomic E-state index is 0.00876. The van der Waals surface area contributed by atoms with Crippen LogP contribution < -0.4 is 10.2 Å². The summed E-state index contributed by atoms with van der Waals surface area (Å²) in [6.07, 6.45) is 1.18. The Morgan fingerprint density at radius 2 is 2.04 bits per heavy atom. The van der Waals surface area contributed by atoms with E-state index in [1.807, 2.05) is 62.5 Å². The van der Waals surface area contributed by atoms with E-state index >= 15 is 0 Å². The first-order valence-corrected chi connectivity index (χ1v) is 10.7. The van der Waals surface area contributed by atoms with Gasteiger partial charge in [-0.1, -0.05) is 23.8 Å². The van der Waals surface area contributed by atoms with Gasteiger partial charge in [0.2, 0.25) is 11.8 Å². The predicted molar refractivity (Wildman–Crippen MR) is 113 cm³/mol. The van der Waals surface area contributed by atoms with Gasteiger partial charge in [0, 0.05) is 30.1 Å². The number of aryl methyl sites for hydroxylation is 1. The van der Waals surface area contributed by atoms with E-state index in [0.29, 0.717) is 13.2 Å². The topological polar surface area (TPSA) is 58.6 Å². The number of carbonyl (C=O) groups is 2. The second kappa shape index (κ2) is 9.34. The number of hydrogen-bond donors (Lipinski definition) is 1. The van der Waals surface area contributed by atoms with Gasteiger partial charge in [-0.3, -0.25) is 9.59 Å². The van der Waals surface area contributed by atoms with Crippen molar-refractivity contribution in [3.8, 4) is 0 Å². The van der Waals surface area contributed by atoms with Crippen LogP contribution in [0.1, 0.15) is 43.2 Å². The molecule has 1 saturated heterocycles. The van der Waals surface area contributed by atoms with E-state index in [0.717, 1.165) is 22.5 Å². The van der Waals surface area contributed by atoms with Crippen LogP contribution in [-0.4, -0.2) is 31.1 Å². The number of thiophene rings is 1. The van der Waals surface area contributed by atoms with Gasteiger partial charge in [-0.2, -0.15) is 0 Å². The fourth-order valence-electron chi connectivity index (χ4n) is 3.50. The van der Waals surface area contributed by atoms with Crippen LogP contribution in [0.2, 0.25) is 0 Å². The molecule has 1 aromatic carbocycles. The summed E-state index contributed by atoms with van der Waals surface area (Å²) in [6, 6.07) is 11.6. The molecule has 3 rings (SSSR count). The summed E-state index contributed by atoms with van der Waals surface area (Å²) in [7, 11) is 0. The average molecular weight is 401 g/mol. The Morgan fingerprint density at radius 3 is 2.68 bits per heavy atom. The third-order valence-electron chi connectivity index (χ3n) is 4.88. The Kier molecular flexibility index (Phi) is 6.86. The lowest BCUT2D eigenvalue weighted by Gasteiger charge is -2.27. The molecule has 2 atom stereocenters. The summed E-state index contributed by atoms with van der Waals surface area (Å²) in [5.74, 6) is -0.463. The molecule has 2 unspecified atom stereocenters. The van der Waals surface area contributed by atoms with Gasteiger partial charge in [0.05, 0.1) is 18.1 Å². The van der Waals surface area contributed by atoms with Gasteiger partial charge in [-0.25, -0.2) is 0 Å². The molecule has 1 fully saturated rings. The van der Waals surface area contributed by atoms with Crippen molar-refractivity contribution in [3.63, 3.8) is 0 Å². The fourth-order valence-corrected chi connectivity index (χ4v) is 4.38. The molecule has 1 aliphatic heterocycles. The smallest absolute Gasteiger partial charge is 0.228 e. The summed E-state index contributed by atoms with van der Waals surface area (Å²) < 4.78 is 5.52. The highest BCUT2D eigenvalue weighted by Gasteiger charge is 2.45. The maximum Gasteiger partial charge on any atom is 0.228 e. The molecule has 6 heteroatoms. The highest BCUT2D eigenvalue weighted by Crippen LogP contribution is 2.43. The zero-order valence-corrected chi connectivity index (χ0v) is 17.5. The van der Waals surface area contributed by atoms with Gasteiger partial charge in [-0.05, 0) is 50.8 Å². The number of carbonyl (C=O) groups excluding carboxylic acids is 2. The van der Waals surface area contributed by atoms with Crippen molar-refractivity contribution >= 4 is 28.8 Å². The summed E-state index contributed by atoms with van der Waals surface area (Å²) in [5, 5.41) is 4.99. The van der Waals surface area contributed by atoms with Crippen LogP contribution in [-0.2, 0) is 14.3 Å². The minimum atomic E-state index is -0.390. The first-order valence-electron chi connectivity index (χ1n) is 9.79. The van der Waals surface area contributed by atoms with Crippen molar-refractivity contribution in [2.45, 2.75) is 45.8 Å². The van der Waals surface area contributed by atoms with Crippen LogP contribution >= 0.6 is 11.3 Å². The number of rotatable bonds is 8. The molecule has 5 nitrogen and oxygen atoms in total. The largest absolute Gasteiger partial charge is 0.379 e. The monoisotopic (exact) mass is 400 g/mol. The van der Waals surface area contributed by atoms with Crippen LogP contribution in [0.25, 0.3) is 0 Å². The molecule has 0 aliphatic carbocycles. The van der Waals surface area contributed by atoms with E-state index in [1.165, 1.54) is 0 Å². The standard InChI is InChI=1S/C22H28N2O3S/c1-15(2)27-12-5-11-23-22(26)18-14-20(25)24(17-9-7-16(3)8-10-17)21(18)19-6-4-13-28-19/h4,6-10,13,15,18,21H,5,11-12,14H2,1-3H3,(H,23,26). The van der Waals surface area contributed by atoms with Crippen molar-refractivity contribution in [2.24, 2.45) is 5.92 Å². The van der Waals surface area contributed by atoms with Gasteiger partial charge in [-0.15, -0.1) is 11.3 Å². The molecule has 2 amide bonds. The molecular weight excluding hydrogens is 372 g/mol. The first kappa shape index (κ1) is 20.6. The Morgan fingerprint density at radius 1 is 1.29 bits per heavy atom. The molecule has 2 aromatic rings. The SMILES string of the molecule is Cc1ccc(N2C(=O)CC(C(=O)NCCCOC(C)C)C2c2cccs2)cc1. The summed E-state index contributed by atoms with van der Waals surface area (Å²) >= 11 is 1.59. The van der Waals surface area contributed by atoms with Crippen LogP contribution in [0.15, 0.2) is 41.8 Å². The van der Waals surface area contributed by atoms with Crippen LogP contribution in [0.4, 0.5) is 5.69 Å². The van der Waals surface area contributed by atoms with Gasteiger partial charge in [0.25, 0.3) is 0 Å². The Bertz CT molecular complexity index is 787. The predicted octanol–water partition coefficient (Wildman–Crippen LogP) is 4.08. The van der Waals surface area contributed by atoms with E-state index in [4.69, 9.17) is 4.74 Å². The van der Waals surface area contributed by atoms with Crippen molar-refractivity contribution < 1.29 is 14.3 Å². The molecule has 2 heterocycles. The van der Waals surface area contributed by atoms with Gasteiger partial charge in [0.1, 0.15) is 0 Å². The van der Waals surface area contributed by atoms with E-state index in [2.05, 4.69) is 5.32 Å². The third-order valence-corrected chi connectivity index (χ3v) is 5.82. The van der Waals surface area contributed by atoms with E-state index in [-0.39, 0.29) is 30.4 Å². The van der Waals surface area contributed by atoms with Crippen molar-refractivity contribution in [1.29, 1.82) is 0 Å². The third kappa shape index (κ3) is 4.80. The van der Waals surface area contributed by atoms with E-state index in [1.54, 1.807) is 16.2 Å². The van der Waals surface area contributed by atoms with Gasteiger partial charge >= 0.3 is 0 Å². The van der Waals surface area contributed by atoms with Gasteiger partial charge < -0.3 is 15.0 Å². The van der Waals surface area contributed by atoms with Crippen molar-refractivity contribution in [2.75, 3.05) is 18.1 Å². The van der Waals surface area contributed by atoms with Crippen molar-refractivity contribution in [1.82, 2.24) is 5.32 Å². The molecule has 0 saturated carbocycles. The molecule has 28 heavy (non-hydrogen) atoms. The molecular formula is C22H28N2O3S. The number of anilines is 1. The Labute approximate surface area is 170 Å². The fraction of sp³-hybridized carbons (Fsp3) is 0.455. The summed E-state index contributed by atoms with van der Waals surface area (Å²) in [6.45, 7) is 7.18. The normalized spacial score (nSPS) is 19.4. The molecule has 0 bridgehead atoms. The Balaban J connectivity index is 1.74. The van der Waals surface area contributed by atoms with Crippen LogP contribution in [0, 0.1) is 12.8 Å². The van der Waals surface area contributed by atoms with E-state index in [9.17, 15) is 9.59 Å². The molecule has 1 aliphatic rings. The molecule has 1 N–H and O–H groups in total. The second-order valence-electron chi connectivity index (χ2n) is 7.43. The molecule has 1 aromatic heterocycles. The zero-order chi connectivity index (χ0) is 20.1. The maximum absolute atomic E-state index is 12.9. The highest BCUT2D eigenvalue weighted by molar-refractivity contribution is 7.10. The average Bonchev–Trinajstić information content (AvgIpc) is 3.29. The lowest BCUT2D eigenvalue weighted by molar-refractivity contribution is -0.126. The lowest BCUT2D eigenvalue weighted by Crippen LogP contribution is -2.36. The number of nitrogens with zero attached hydrogens (tertiary/aromatic N) is 1. The zero-order valence-electron chi connectivity index (χ0n) is 16.7. The number of hydrogen-bond acceptors (Lipinski definition) is 4. The summed E-state index contributed by atoms with van der Waals surface area (Å²) in [4.78, 5) is 28.6. The lowest BCUT2D eigenvalue weighted by atomic mass is 9.97. The van der Waals surface area contributed by atoms with Gasteiger partial charge in [0.15, 0.2) is 0 Å². The number of benzene rings is 1.